The normalized spacial score (nSPS) is 11.8. The topological polar surface area (TPSA) is 72.9 Å². The maximum atomic E-state index is 5.39. The summed E-state index contributed by atoms with van der Waals surface area (Å²) in [5.41, 5.74) is 15.9. The molecule has 1 radical (unpaired) electrons. The van der Waals surface area contributed by atoms with E-state index in [2.05, 4.69) is 157 Å². The summed E-state index contributed by atoms with van der Waals surface area (Å²) < 4.78 is 8.20. The second-order valence-electron chi connectivity index (χ2n) is 13.5. The van der Waals surface area contributed by atoms with Gasteiger partial charge in [0, 0.05) is 92.9 Å². The Morgan fingerprint density at radius 2 is 0.547 bits per heavy atom. The van der Waals surface area contributed by atoms with Gasteiger partial charge >= 0.3 is 17.1 Å². The molecular weight excluding hydrogens is 704 g/mol. The van der Waals surface area contributed by atoms with Crippen LogP contribution < -0.4 is 18.3 Å². The number of aryl methyl sites for hydroxylation is 4. The molecule has 53 heavy (non-hydrogen) atoms. The quantitative estimate of drug-likeness (QED) is 0.157. The summed E-state index contributed by atoms with van der Waals surface area (Å²) in [4.78, 5) is 18.4. The molecule has 2 N–H and O–H groups in total. The molecule has 2 aliphatic heterocycles. The third-order valence-electron chi connectivity index (χ3n) is 9.82. The van der Waals surface area contributed by atoms with Crippen LogP contribution in [0.2, 0.25) is 0 Å². The largest absolute Gasteiger partial charge is 2.00 e. The van der Waals surface area contributed by atoms with Gasteiger partial charge in [0.05, 0.1) is 22.8 Å². The number of nitrogens with zero attached hydrogens (tertiary/aromatic N) is 6. The molecule has 0 fully saturated rings. The van der Waals surface area contributed by atoms with Crippen molar-refractivity contribution < 1.29 is 35.3 Å². The fourth-order valence-electron chi connectivity index (χ4n) is 7.09. The first-order valence-corrected chi connectivity index (χ1v) is 17.4. The third kappa shape index (κ3) is 6.31. The second-order valence-corrected chi connectivity index (χ2v) is 13.5. The maximum Gasteiger partial charge on any atom is 2.00 e. The van der Waals surface area contributed by atoms with Crippen LogP contribution in [0.1, 0.15) is 22.8 Å². The standard InChI is InChI=1S/C44H37N8.Cu/c1-49-21-13-29(14-22-49)41-33-5-7-35(45-33)42(30-15-23-50(2)24-16-30)37-9-11-39(47-37)44(32-19-27-52(4)28-20-32)40-12-10-38(48-40)43(36-8-6-34(41)46-36)31-17-25-51(3)26-18-31;/h5-28H,1-4H3,(H,45,46,47,48);/q+3;+2/p+1. The molecular formula is C44H38CuN8+6. The predicted octanol–water partition coefficient (Wildman–Crippen LogP) is 6.62. The molecule has 7 aromatic heterocycles. The molecule has 0 unspecified atom stereocenters. The van der Waals surface area contributed by atoms with E-state index in [-0.39, 0.29) is 17.1 Å². The van der Waals surface area contributed by atoms with Gasteiger partial charge in [-0.25, -0.2) is 28.2 Å². The molecule has 0 saturated carbocycles. The number of pyridine rings is 4. The molecule has 9 rings (SSSR count). The molecule has 0 atom stereocenters. The summed E-state index contributed by atoms with van der Waals surface area (Å²) in [6.45, 7) is 0. The van der Waals surface area contributed by atoms with Crippen LogP contribution in [0.5, 0.6) is 0 Å². The molecule has 0 amide bonds. The number of fused-ring (bicyclic) bond motifs is 8. The van der Waals surface area contributed by atoms with Crippen molar-refractivity contribution in [3.63, 3.8) is 0 Å². The van der Waals surface area contributed by atoms with Gasteiger partial charge in [0.2, 0.25) is 0 Å². The van der Waals surface area contributed by atoms with Crippen LogP contribution in [-0.2, 0) is 45.3 Å². The van der Waals surface area contributed by atoms with Crippen LogP contribution in [0, 0.1) is 0 Å². The van der Waals surface area contributed by atoms with E-state index < -0.39 is 0 Å². The van der Waals surface area contributed by atoms with Crippen LogP contribution in [0.3, 0.4) is 0 Å². The second kappa shape index (κ2) is 13.7. The first kappa shape index (κ1) is 33.8. The molecule has 7 aromatic rings. The molecule has 2 aliphatic rings. The van der Waals surface area contributed by atoms with E-state index in [1.54, 1.807) is 0 Å². The van der Waals surface area contributed by atoms with Crippen molar-refractivity contribution in [3.8, 4) is 44.5 Å². The zero-order valence-corrected chi connectivity index (χ0v) is 30.8. The Morgan fingerprint density at radius 1 is 0.340 bits per heavy atom. The summed E-state index contributed by atoms with van der Waals surface area (Å²) in [6, 6.07) is 25.8. The molecule has 0 saturated heterocycles. The molecule has 259 valence electrons. The van der Waals surface area contributed by atoms with E-state index in [9.17, 15) is 0 Å². The number of nitrogens with one attached hydrogen (secondary N) is 2. The number of rotatable bonds is 4. The average molecular weight is 742 g/mol. The Balaban J connectivity index is 0.00000400. The molecule has 0 aromatic carbocycles. The zero-order chi connectivity index (χ0) is 35.3. The van der Waals surface area contributed by atoms with Crippen LogP contribution >= 0.6 is 0 Å². The Morgan fingerprint density at radius 3 is 0.755 bits per heavy atom. The van der Waals surface area contributed by atoms with Gasteiger partial charge in [0.1, 0.15) is 28.2 Å². The third-order valence-corrected chi connectivity index (χ3v) is 9.82. The van der Waals surface area contributed by atoms with Gasteiger partial charge in [-0.1, -0.05) is 0 Å². The maximum absolute atomic E-state index is 5.39. The molecule has 0 aliphatic carbocycles. The van der Waals surface area contributed by atoms with Crippen LogP contribution in [-0.4, -0.2) is 19.9 Å². The molecule has 9 heteroatoms. The summed E-state index contributed by atoms with van der Waals surface area (Å²) in [7, 11) is 8.14. The Kier molecular flexibility index (Phi) is 8.74. The van der Waals surface area contributed by atoms with E-state index in [1.165, 1.54) is 0 Å². The Bertz CT molecular complexity index is 2370. The van der Waals surface area contributed by atoms with Gasteiger partial charge in [-0.3, -0.25) is 0 Å². The number of H-pyrrole nitrogens is 2. The molecule has 8 nitrogen and oxygen atoms in total. The van der Waals surface area contributed by atoms with E-state index >= 15 is 0 Å². The van der Waals surface area contributed by atoms with Gasteiger partial charge in [0.15, 0.2) is 49.6 Å². The summed E-state index contributed by atoms with van der Waals surface area (Å²) in [5, 5.41) is 0. The van der Waals surface area contributed by atoms with Gasteiger partial charge in [-0.05, 0) is 70.8 Å². The Hall–Kier alpha value is -6.28. The smallest absolute Gasteiger partial charge is 0.354 e. The minimum atomic E-state index is 0. The first-order valence-electron chi connectivity index (χ1n) is 17.4. The summed E-state index contributed by atoms with van der Waals surface area (Å²) in [5.74, 6) is 0. The summed E-state index contributed by atoms with van der Waals surface area (Å²) >= 11 is 0. The van der Waals surface area contributed by atoms with Crippen molar-refractivity contribution in [1.82, 2.24) is 19.9 Å². The molecule has 8 bridgehead atoms. The number of aromatic nitrogens is 8. The van der Waals surface area contributed by atoms with Crippen molar-refractivity contribution in [2.45, 2.75) is 0 Å². The van der Waals surface area contributed by atoms with Gasteiger partial charge in [-0.15, -0.1) is 0 Å². The molecule has 9 heterocycles. The van der Waals surface area contributed by atoms with Gasteiger partial charge in [0.25, 0.3) is 0 Å². The first-order chi connectivity index (χ1) is 25.4. The van der Waals surface area contributed by atoms with E-state index in [0.717, 1.165) is 89.4 Å². The van der Waals surface area contributed by atoms with Crippen molar-refractivity contribution in [2.75, 3.05) is 0 Å². The van der Waals surface area contributed by atoms with Gasteiger partial charge < -0.3 is 9.97 Å². The average Bonchev–Trinajstić information content (AvgIpc) is 3.99. The minimum Gasteiger partial charge on any atom is -0.354 e. The van der Waals surface area contributed by atoms with Gasteiger partial charge in [-0.2, -0.15) is 0 Å². The van der Waals surface area contributed by atoms with Crippen molar-refractivity contribution in [1.29, 1.82) is 0 Å². The zero-order valence-electron chi connectivity index (χ0n) is 29.8. The number of hydrogen-bond donors (Lipinski definition) is 2. The van der Waals surface area contributed by atoms with Crippen LogP contribution in [0.4, 0.5) is 0 Å². The molecule has 0 spiro atoms. The van der Waals surface area contributed by atoms with Crippen LogP contribution in [0.15, 0.2) is 122 Å². The van der Waals surface area contributed by atoms with Crippen molar-refractivity contribution in [2.24, 2.45) is 28.2 Å². The van der Waals surface area contributed by atoms with E-state index in [4.69, 9.17) is 9.97 Å². The predicted molar refractivity (Wildman–Crippen MR) is 205 cm³/mol. The Labute approximate surface area is 318 Å². The number of hydrogen-bond acceptors (Lipinski definition) is 2. The number of aromatic amines is 2. The fourth-order valence-corrected chi connectivity index (χ4v) is 7.09. The minimum absolute atomic E-state index is 0. The van der Waals surface area contributed by atoms with Crippen molar-refractivity contribution in [3.05, 3.63) is 145 Å². The van der Waals surface area contributed by atoms with Crippen LogP contribution in [0.25, 0.3) is 90.9 Å². The van der Waals surface area contributed by atoms with E-state index in [0.29, 0.717) is 0 Å². The summed E-state index contributed by atoms with van der Waals surface area (Å²) in [6.07, 6.45) is 25.2. The van der Waals surface area contributed by atoms with E-state index in [1.807, 2.05) is 46.5 Å². The SMILES string of the molecule is C[n+]1ccc(-c2c3nc(c(-c4cc[n+](C)cc4)c4ccc([nH]4)c(-c4cc[n+](C)cc4)c4nc(c(-c5cc[n+](C)cc5)c5ccc2[nH]5)C=C4)C=C3)cc1.[Cu+2]. The fraction of sp³-hybridized carbons (Fsp3) is 0.0909. The van der Waals surface area contributed by atoms with Crippen molar-refractivity contribution >= 4 is 46.4 Å². The monoisotopic (exact) mass is 741 g/mol.